The zero-order valence-corrected chi connectivity index (χ0v) is 13.1. The molecule has 5 nitrogen and oxygen atoms in total. The molecule has 1 heterocycles. The standard InChI is InChI=1S/C14H13ClO5S/c1-3-21(7-11(16)19-2)13-12(17)9-5-4-8(15)6-10(9)20-14(13)18/h4-6H,3,7H2,1-2H3/p+1. The van der Waals surface area contributed by atoms with Crippen LogP contribution in [0.3, 0.4) is 0 Å². The molecule has 0 radical (unpaired) electrons. The summed E-state index contributed by atoms with van der Waals surface area (Å²) in [7, 11) is 0.509. The fourth-order valence-corrected chi connectivity index (χ4v) is 3.78. The molecule has 1 aromatic carbocycles. The number of carbonyl (C=O) groups is 1. The van der Waals surface area contributed by atoms with Gasteiger partial charge in [0.15, 0.2) is 5.75 Å². The predicted molar refractivity (Wildman–Crippen MR) is 82.2 cm³/mol. The van der Waals surface area contributed by atoms with Gasteiger partial charge < -0.3 is 14.3 Å². The first-order chi connectivity index (χ1) is 9.97. The Morgan fingerprint density at radius 1 is 1.48 bits per heavy atom. The van der Waals surface area contributed by atoms with Crippen LogP contribution < -0.4 is 5.63 Å². The van der Waals surface area contributed by atoms with E-state index >= 15 is 0 Å². The molecule has 0 fully saturated rings. The number of rotatable bonds is 4. The summed E-state index contributed by atoms with van der Waals surface area (Å²) in [6.45, 7) is 1.83. The van der Waals surface area contributed by atoms with E-state index in [1.54, 1.807) is 12.1 Å². The number of hydrogen-bond acceptors (Lipinski definition) is 5. The van der Waals surface area contributed by atoms with Crippen LogP contribution in [0.4, 0.5) is 0 Å². The SMILES string of the molecule is CC[S+](CC(=O)OC)c1c(O)c2ccc(Cl)cc2oc1=O. The Morgan fingerprint density at radius 3 is 2.81 bits per heavy atom. The quantitative estimate of drug-likeness (QED) is 0.529. The summed E-state index contributed by atoms with van der Waals surface area (Å²) in [5.41, 5.74) is -0.442. The Balaban J connectivity index is 2.60. The Kier molecular flexibility index (Phi) is 4.80. The van der Waals surface area contributed by atoms with E-state index in [-0.39, 0.29) is 22.0 Å². The van der Waals surface area contributed by atoms with Gasteiger partial charge in [-0.05, 0) is 19.1 Å². The zero-order valence-electron chi connectivity index (χ0n) is 11.5. The number of aromatic hydroxyl groups is 1. The van der Waals surface area contributed by atoms with Crippen LogP contribution in [0.2, 0.25) is 5.02 Å². The number of esters is 1. The van der Waals surface area contributed by atoms with Crippen molar-refractivity contribution in [2.24, 2.45) is 0 Å². The Hall–Kier alpha value is -1.66. The highest BCUT2D eigenvalue weighted by Crippen LogP contribution is 2.32. The van der Waals surface area contributed by atoms with E-state index in [0.29, 0.717) is 16.2 Å². The highest BCUT2D eigenvalue weighted by molar-refractivity contribution is 7.97. The molecule has 0 aliphatic rings. The van der Waals surface area contributed by atoms with Crippen LogP contribution in [0.5, 0.6) is 5.75 Å². The number of halogens is 1. The first-order valence-electron chi connectivity index (χ1n) is 6.17. The Morgan fingerprint density at radius 2 is 2.19 bits per heavy atom. The van der Waals surface area contributed by atoms with E-state index in [9.17, 15) is 14.7 Å². The Bertz CT molecular complexity index is 740. The number of carbonyl (C=O) groups excluding carboxylic acids is 1. The molecule has 0 spiro atoms. The number of methoxy groups -OCH3 is 1. The number of fused-ring (bicyclic) bond motifs is 1. The molecule has 2 aromatic rings. The van der Waals surface area contributed by atoms with Crippen LogP contribution in [0.25, 0.3) is 11.0 Å². The van der Waals surface area contributed by atoms with Crippen molar-refractivity contribution in [3.63, 3.8) is 0 Å². The van der Waals surface area contributed by atoms with Crippen molar-refractivity contribution in [2.45, 2.75) is 11.8 Å². The second-order valence-corrected chi connectivity index (χ2v) is 6.91. The van der Waals surface area contributed by atoms with Gasteiger partial charge in [-0.15, -0.1) is 0 Å². The molecule has 0 saturated carbocycles. The van der Waals surface area contributed by atoms with Crippen molar-refractivity contribution in [1.82, 2.24) is 0 Å². The zero-order chi connectivity index (χ0) is 15.6. The third-order valence-corrected chi connectivity index (χ3v) is 5.41. The molecule has 0 amide bonds. The monoisotopic (exact) mass is 329 g/mol. The molecule has 21 heavy (non-hydrogen) atoms. The summed E-state index contributed by atoms with van der Waals surface area (Å²) < 4.78 is 9.83. The molecule has 7 heteroatoms. The van der Waals surface area contributed by atoms with Crippen molar-refractivity contribution < 1.29 is 19.1 Å². The van der Waals surface area contributed by atoms with Gasteiger partial charge in [0.25, 0.3) is 4.90 Å². The maximum absolute atomic E-state index is 12.1. The summed E-state index contributed by atoms with van der Waals surface area (Å²) in [5.74, 6) is -0.0427. The lowest BCUT2D eigenvalue weighted by molar-refractivity contribution is -0.137. The van der Waals surface area contributed by atoms with Crippen molar-refractivity contribution in [3.8, 4) is 5.75 Å². The van der Waals surface area contributed by atoms with Crippen LogP contribution in [-0.2, 0) is 20.4 Å². The maximum Gasteiger partial charge on any atom is 0.396 e. The average Bonchev–Trinajstić information content (AvgIpc) is 2.45. The van der Waals surface area contributed by atoms with E-state index in [2.05, 4.69) is 4.74 Å². The van der Waals surface area contributed by atoms with E-state index < -0.39 is 22.5 Å². The van der Waals surface area contributed by atoms with Crippen LogP contribution in [0.1, 0.15) is 6.92 Å². The number of benzene rings is 1. The highest BCUT2D eigenvalue weighted by Gasteiger charge is 2.33. The lowest BCUT2D eigenvalue weighted by Gasteiger charge is -2.07. The molecule has 2 rings (SSSR count). The largest absolute Gasteiger partial charge is 0.503 e. The summed E-state index contributed by atoms with van der Waals surface area (Å²) in [6, 6.07) is 4.64. The van der Waals surface area contributed by atoms with E-state index in [1.807, 2.05) is 6.92 Å². The first kappa shape index (κ1) is 15.7. The van der Waals surface area contributed by atoms with Crippen molar-refractivity contribution in [1.29, 1.82) is 0 Å². The topological polar surface area (TPSA) is 76.7 Å². The lowest BCUT2D eigenvalue weighted by atomic mass is 10.2. The predicted octanol–water partition coefficient (Wildman–Crippen LogP) is 2.32. The van der Waals surface area contributed by atoms with E-state index in [0.717, 1.165) is 0 Å². The van der Waals surface area contributed by atoms with Gasteiger partial charge in [0.2, 0.25) is 5.75 Å². The second kappa shape index (κ2) is 6.41. The molecule has 0 bridgehead atoms. The molecule has 112 valence electrons. The van der Waals surface area contributed by atoms with Crippen LogP contribution in [0.15, 0.2) is 32.3 Å². The highest BCUT2D eigenvalue weighted by atomic mass is 35.5. The van der Waals surface area contributed by atoms with Gasteiger partial charge in [-0.2, -0.15) is 0 Å². The minimum absolute atomic E-state index is 0.0322. The average molecular weight is 330 g/mol. The summed E-state index contributed by atoms with van der Waals surface area (Å²) >= 11 is 5.84. The molecular weight excluding hydrogens is 316 g/mol. The molecule has 1 unspecified atom stereocenters. The van der Waals surface area contributed by atoms with Gasteiger partial charge in [-0.3, -0.25) is 0 Å². The van der Waals surface area contributed by atoms with Crippen LogP contribution in [-0.4, -0.2) is 29.7 Å². The Labute approximate surface area is 128 Å². The molecule has 1 N–H and O–H groups in total. The molecule has 0 aliphatic heterocycles. The molecule has 0 saturated heterocycles. The lowest BCUT2D eigenvalue weighted by Crippen LogP contribution is -2.24. The second-order valence-electron chi connectivity index (χ2n) is 4.21. The molecule has 0 aliphatic carbocycles. The molecule has 1 aromatic heterocycles. The van der Waals surface area contributed by atoms with Gasteiger partial charge in [0, 0.05) is 22.0 Å². The van der Waals surface area contributed by atoms with Crippen LogP contribution in [0, 0.1) is 0 Å². The normalized spacial score (nSPS) is 12.3. The van der Waals surface area contributed by atoms with Crippen molar-refractivity contribution >= 4 is 39.4 Å². The fraction of sp³-hybridized carbons (Fsp3) is 0.286. The minimum atomic E-state index is -0.773. The van der Waals surface area contributed by atoms with Gasteiger partial charge in [0.05, 0.1) is 12.5 Å². The third kappa shape index (κ3) is 3.16. The third-order valence-electron chi connectivity index (χ3n) is 2.96. The molecular formula is C14H14ClO5S+. The van der Waals surface area contributed by atoms with Crippen LogP contribution >= 0.6 is 11.6 Å². The van der Waals surface area contributed by atoms with Crippen molar-refractivity contribution in [2.75, 3.05) is 18.6 Å². The number of hydrogen-bond donors (Lipinski definition) is 1. The fourth-order valence-electron chi connectivity index (χ4n) is 1.92. The van der Waals surface area contributed by atoms with E-state index in [1.165, 1.54) is 13.2 Å². The summed E-state index contributed by atoms with van der Waals surface area (Å²) in [6.07, 6.45) is 0. The van der Waals surface area contributed by atoms with Crippen molar-refractivity contribution in [3.05, 3.63) is 33.6 Å². The summed E-state index contributed by atoms with van der Waals surface area (Å²) in [4.78, 5) is 23.7. The first-order valence-corrected chi connectivity index (χ1v) is 8.11. The maximum atomic E-state index is 12.1. The summed E-state index contributed by atoms with van der Waals surface area (Å²) in [5, 5.41) is 11.2. The van der Waals surface area contributed by atoms with E-state index in [4.69, 9.17) is 16.0 Å². The van der Waals surface area contributed by atoms with Gasteiger partial charge in [0.1, 0.15) is 11.3 Å². The molecule has 1 atom stereocenters. The van der Waals surface area contributed by atoms with Gasteiger partial charge >= 0.3 is 11.6 Å². The number of ether oxygens (including phenoxy) is 1. The van der Waals surface area contributed by atoms with Gasteiger partial charge in [-0.1, -0.05) is 11.6 Å². The van der Waals surface area contributed by atoms with Gasteiger partial charge in [-0.25, -0.2) is 9.59 Å². The minimum Gasteiger partial charge on any atom is -0.503 e. The smallest absolute Gasteiger partial charge is 0.396 e.